The molecule has 0 aliphatic heterocycles. The Labute approximate surface area is 111 Å². The van der Waals surface area contributed by atoms with E-state index in [4.69, 9.17) is 4.52 Å². The molecule has 0 saturated heterocycles. The van der Waals surface area contributed by atoms with Crippen molar-refractivity contribution in [2.75, 3.05) is 0 Å². The van der Waals surface area contributed by atoms with Crippen LogP contribution in [0.1, 0.15) is 49.6 Å². The van der Waals surface area contributed by atoms with Crippen LogP contribution in [0.4, 0.5) is 0 Å². The Morgan fingerprint density at radius 2 is 2.17 bits per heavy atom. The van der Waals surface area contributed by atoms with Gasteiger partial charge in [-0.1, -0.05) is 5.16 Å². The van der Waals surface area contributed by atoms with Crippen molar-refractivity contribution in [1.82, 2.24) is 19.7 Å². The molecule has 0 amide bonds. The van der Waals surface area contributed by atoms with E-state index < -0.39 is 0 Å². The lowest BCUT2D eigenvalue weighted by Crippen LogP contribution is -2.04. The second kappa shape index (κ2) is 5.56. The van der Waals surface area contributed by atoms with Crippen LogP contribution in [-0.4, -0.2) is 19.7 Å². The van der Waals surface area contributed by atoms with Gasteiger partial charge >= 0.3 is 0 Å². The zero-order chi connectivity index (χ0) is 13.1. The fourth-order valence-electron chi connectivity index (χ4n) is 1.67. The summed E-state index contributed by atoms with van der Waals surface area (Å²) in [4.78, 5) is 8.63. The molecule has 0 aromatic carbocycles. The van der Waals surface area contributed by atoms with Crippen molar-refractivity contribution in [2.45, 2.75) is 44.7 Å². The van der Waals surface area contributed by atoms with Crippen LogP contribution in [0.25, 0.3) is 0 Å². The molecule has 2 rings (SSSR count). The average Bonchev–Trinajstić information content (AvgIpc) is 2.94. The highest BCUT2D eigenvalue weighted by atomic mass is 32.2. The highest BCUT2D eigenvalue weighted by Gasteiger charge is 2.15. The number of nitrogens with zero attached hydrogens (tertiary/aromatic N) is 4. The maximum absolute atomic E-state index is 5.16. The zero-order valence-corrected chi connectivity index (χ0v) is 11.9. The quantitative estimate of drug-likeness (QED) is 0.832. The first-order valence-electron chi connectivity index (χ1n) is 6.01. The highest BCUT2D eigenvalue weighted by Crippen LogP contribution is 2.29. The SMILES string of the molecule is Cc1noc([C@@H](C)SCc2nccn2C(C)C)n1. The largest absolute Gasteiger partial charge is 0.338 e. The number of aryl methyl sites for hydroxylation is 1. The minimum Gasteiger partial charge on any atom is -0.338 e. The van der Waals surface area contributed by atoms with Gasteiger partial charge in [0.1, 0.15) is 5.82 Å². The van der Waals surface area contributed by atoms with E-state index in [0.29, 0.717) is 17.8 Å². The maximum atomic E-state index is 5.16. The maximum Gasteiger partial charge on any atom is 0.239 e. The summed E-state index contributed by atoms with van der Waals surface area (Å²) < 4.78 is 7.34. The summed E-state index contributed by atoms with van der Waals surface area (Å²) in [6, 6.07) is 0.434. The molecular formula is C12H18N4OS. The third-order valence-electron chi connectivity index (χ3n) is 2.66. The zero-order valence-electron chi connectivity index (χ0n) is 11.1. The highest BCUT2D eigenvalue weighted by molar-refractivity contribution is 7.98. The first kappa shape index (κ1) is 13.1. The Bertz CT molecular complexity index is 506. The molecule has 0 saturated carbocycles. The Balaban J connectivity index is 1.97. The fraction of sp³-hybridized carbons (Fsp3) is 0.583. The lowest BCUT2D eigenvalue weighted by Gasteiger charge is -2.12. The van der Waals surface area contributed by atoms with Gasteiger partial charge in [0.2, 0.25) is 5.89 Å². The smallest absolute Gasteiger partial charge is 0.239 e. The number of rotatable bonds is 5. The lowest BCUT2D eigenvalue weighted by atomic mass is 10.4. The first-order valence-corrected chi connectivity index (χ1v) is 7.06. The second-order valence-electron chi connectivity index (χ2n) is 4.48. The van der Waals surface area contributed by atoms with Crippen LogP contribution in [0.2, 0.25) is 0 Å². The van der Waals surface area contributed by atoms with E-state index in [-0.39, 0.29) is 5.25 Å². The molecule has 0 spiro atoms. The van der Waals surface area contributed by atoms with Crippen molar-refractivity contribution < 1.29 is 4.52 Å². The molecule has 6 heteroatoms. The third kappa shape index (κ3) is 2.93. The standard InChI is InChI=1S/C12H18N4OS/c1-8(2)16-6-5-13-11(16)7-18-9(3)12-14-10(4)15-17-12/h5-6,8-9H,7H2,1-4H3/t9-/m1/s1. The molecule has 1 atom stereocenters. The van der Waals surface area contributed by atoms with Crippen LogP contribution in [-0.2, 0) is 5.75 Å². The number of imidazole rings is 1. The summed E-state index contributed by atoms with van der Waals surface area (Å²) in [5.41, 5.74) is 0. The van der Waals surface area contributed by atoms with Crippen molar-refractivity contribution >= 4 is 11.8 Å². The van der Waals surface area contributed by atoms with Crippen molar-refractivity contribution in [1.29, 1.82) is 0 Å². The van der Waals surface area contributed by atoms with Gasteiger partial charge in [0, 0.05) is 18.4 Å². The number of hydrogen-bond acceptors (Lipinski definition) is 5. The van der Waals surface area contributed by atoms with Crippen LogP contribution in [0.15, 0.2) is 16.9 Å². The molecule has 0 bridgehead atoms. The molecular weight excluding hydrogens is 248 g/mol. The topological polar surface area (TPSA) is 56.7 Å². The van der Waals surface area contributed by atoms with Crippen molar-refractivity contribution in [2.24, 2.45) is 0 Å². The van der Waals surface area contributed by atoms with Gasteiger partial charge in [0.25, 0.3) is 0 Å². The predicted octanol–water partition coefficient (Wildman–Crippen LogP) is 3.15. The Hall–Kier alpha value is -1.30. The Morgan fingerprint density at radius 3 is 2.78 bits per heavy atom. The molecule has 2 heterocycles. The van der Waals surface area contributed by atoms with Crippen LogP contribution >= 0.6 is 11.8 Å². The van der Waals surface area contributed by atoms with Crippen LogP contribution in [0.5, 0.6) is 0 Å². The molecule has 0 fully saturated rings. The summed E-state index contributed by atoms with van der Waals surface area (Å²) in [6.07, 6.45) is 3.86. The summed E-state index contributed by atoms with van der Waals surface area (Å²) >= 11 is 1.75. The van der Waals surface area contributed by atoms with E-state index in [9.17, 15) is 0 Å². The third-order valence-corrected chi connectivity index (χ3v) is 3.79. The van der Waals surface area contributed by atoms with Gasteiger partial charge in [-0.25, -0.2) is 4.98 Å². The molecule has 0 N–H and O–H groups in total. The molecule has 2 aromatic heterocycles. The minimum atomic E-state index is 0.184. The second-order valence-corrected chi connectivity index (χ2v) is 5.81. The Kier molecular flexibility index (Phi) is 4.06. The van der Waals surface area contributed by atoms with Gasteiger partial charge in [0.15, 0.2) is 5.82 Å². The van der Waals surface area contributed by atoms with Gasteiger partial charge in [-0.05, 0) is 27.7 Å². The number of hydrogen-bond donors (Lipinski definition) is 0. The van der Waals surface area contributed by atoms with E-state index in [2.05, 4.69) is 40.5 Å². The molecule has 0 unspecified atom stereocenters. The molecule has 5 nitrogen and oxygen atoms in total. The van der Waals surface area contributed by atoms with Gasteiger partial charge in [-0.2, -0.15) is 4.98 Å². The van der Waals surface area contributed by atoms with E-state index in [0.717, 1.165) is 11.6 Å². The first-order chi connectivity index (χ1) is 8.58. The van der Waals surface area contributed by atoms with Crippen LogP contribution in [0, 0.1) is 6.92 Å². The Morgan fingerprint density at radius 1 is 1.39 bits per heavy atom. The summed E-state index contributed by atoms with van der Waals surface area (Å²) in [7, 11) is 0. The van der Waals surface area contributed by atoms with Crippen LogP contribution < -0.4 is 0 Å². The fourth-order valence-corrected chi connectivity index (χ4v) is 2.54. The van der Waals surface area contributed by atoms with Gasteiger partial charge in [-0.3, -0.25) is 0 Å². The molecule has 0 aliphatic carbocycles. The van der Waals surface area contributed by atoms with E-state index in [1.54, 1.807) is 11.8 Å². The molecule has 0 aliphatic rings. The molecule has 0 radical (unpaired) electrons. The van der Waals surface area contributed by atoms with E-state index in [1.807, 2.05) is 19.3 Å². The normalized spacial score (nSPS) is 13.2. The number of thioether (sulfide) groups is 1. The summed E-state index contributed by atoms with van der Waals surface area (Å²) in [5.74, 6) is 3.28. The van der Waals surface area contributed by atoms with E-state index in [1.165, 1.54) is 0 Å². The monoisotopic (exact) mass is 266 g/mol. The van der Waals surface area contributed by atoms with Gasteiger partial charge in [0.05, 0.1) is 11.0 Å². The van der Waals surface area contributed by atoms with Crippen molar-refractivity contribution in [3.8, 4) is 0 Å². The lowest BCUT2D eigenvalue weighted by molar-refractivity contribution is 0.376. The summed E-state index contributed by atoms with van der Waals surface area (Å²) in [5, 5.41) is 3.99. The number of aromatic nitrogens is 4. The van der Waals surface area contributed by atoms with Crippen LogP contribution in [0.3, 0.4) is 0 Å². The molecule has 18 heavy (non-hydrogen) atoms. The average molecular weight is 266 g/mol. The van der Waals surface area contributed by atoms with Gasteiger partial charge in [-0.15, -0.1) is 11.8 Å². The van der Waals surface area contributed by atoms with Gasteiger partial charge < -0.3 is 9.09 Å². The minimum absolute atomic E-state index is 0.184. The molecule has 98 valence electrons. The van der Waals surface area contributed by atoms with E-state index >= 15 is 0 Å². The van der Waals surface area contributed by atoms with Crippen molar-refractivity contribution in [3.63, 3.8) is 0 Å². The predicted molar refractivity (Wildman–Crippen MR) is 71.4 cm³/mol. The summed E-state index contributed by atoms with van der Waals surface area (Å²) in [6.45, 7) is 8.21. The van der Waals surface area contributed by atoms with Crippen molar-refractivity contribution in [3.05, 3.63) is 29.9 Å². The molecule has 2 aromatic rings.